The summed E-state index contributed by atoms with van der Waals surface area (Å²) < 4.78 is 5.21. The quantitative estimate of drug-likeness (QED) is 0.827. The van der Waals surface area contributed by atoms with Crippen LogP contribution in [0.5, 0.6) is 0 Å². The Morgan fingerprint density at radius 3 is 2.62 bits per heavy atom. The predicted octanol–water partition coefficient (Wildman–Crippen LogP) is 5.35. The molecular weight excluding hydrogens is 307 g/mol. The molecule has 0 spiro atoms. The number of nitrogens with two attached hydrogens (primary N) is 1. The second kappa shape index (κ2) is 6.29. The summed E-state index contributed by atoms with van der Waals surface area (Å²) in [7, 11) is 0. The number of halogens is 2. The SMILES string of the molecule is Nc1onc(CC2CCCCC2)c1-c1ccc(Cl)c(Cl)c1. The zero-order valence-corrected chi connectivity index (χ0v) is 13.3. The molecule has 0 bridgehead atoms. The lowest BCUT2D eigenvalue weighted by atomic mass is 9.85. The second-order valence-corrected chi connectivity index (χ2v) is 6.52. The molecule has 21 heavy (non-hydrogen) atoms. The molecule has 0 radical (unpaired) electrons. The van der Waals surface area contributed by atoms with Gasteiger partial charge in [0.05, 0.1) is 21.3 Å². The number of aromatic nitrogens is 1. The van der Waals surface area contributed by atoms with Crippen molar-refractivity contribution in [1.29, 1.82) is 0 Å². The van der Waals surface area contributed by atoms with Crippen LogP contribution in [0.25, 0.3) is 11.1 Å². The molecule has 5 heteroatoms. The van der Waals surface area contributed by atoms with Crippen molar-refractivity contribution >= 4 is 29.1 Å². The lowest BCUT2D eigenvalue weighted by Gasteiger charge is -2.20. The predicted molar refractivity (Wildman–Crippen MR) is 86.7 cm³/mol. The Balaban J connectivity index is 1.90. The van der Waals surface area contributed by atoms with Gasteiger partial charge < -0.3 is 10.3 Å². The summed E-state index contributed by atoms with van der Waals surface area (Å²) in [5.41, 5.74) is 8.66. The van der Waals surface area contributed by atoms with Crippen molar-refractivity contribution in [3.63, 3.8) is 0 Å². The van der Waals surface area contributed by atoms with E-state index in [0.717, 1.165) is 23.2 Å². The van der Waals surface area contributed by atoms with Gasteiger partial charge in [-0.15, -0.1) is 0 Å². The van der Waals surface area contributed by atoms with Gasteiger partial charge in [-0.05, 0) is 30.0 Å². The molecule has 1 fully saturated rings. The van der Waals surface area contributed by atoms with Crippen molar-refractivity contribution in [3.05, 3.63) is 33.9 Å². The van der Waals surface area contributed by atoms with Crippen molar-refractivity contribution in [3.8, 4) is 11.1 Å². The molecule has 112 valence electrons. The Hall–Kier alpha value is -1.19. The molecule has 0 saturated heterocycles. The Morgan fingerprint density at radius 2 is 1.90 bits per heavy atom. The molecule has 3 rings (SSSR count). The molecular formula is C16H18Cl2N2O. The van der Waals surface area contributed by atoms with Crippen LogP contribution in [0.1, 0.15) is 37.8 Å². The summed E-state index contributed by atoms with van der Waals surface area (Å²) in [5, 5.41) is 5.21. The van der Waals surface area contributed by atoms with Crippen LogP contribution < -0.4 is 5.73 Å². The fraction of sp³-hybridized carbons (Fsp3) is 0.438. The molecule has 1 heterocycles. The summed E-state index contributed by atoms with van der Waals surface area (Å²) in [5.74, 6) is 1.02. The highest BCUT2D eigenvalue weighted by Gasteiger charge is 2.21. The standard InChI is InChI=1S/C16H18Cl2N2O/c17-12-7-6-11(9-13(12)18)15-14(20-21-16(15)19)8-10-4-2-1-3-5-10/h6-7,9-10H,1-5,8,19H2. The van der Waals surface area contributed by atoms with E-state index in [-0.39, 0.29) is 0 Å². The summed E-state index contributed by atoms with van der Waals surface area (Å²) in [6.45, 7) is 0. The summed E-state index contributed by atoms with van der Waals surface area (Å²) in [4.78, 5) is 0. The lowest BCUT2D eigenvalue weighted by molar-refractivity contribution is 0.345. The first-order valence-corrected chi connectivity index (χ1v) is 8.10. The highest BCUT2D eigenvalue weighted by atomic mass is 35.5. The first kappa shape index (κ1) is 14.7. The minimum absolute atomic E-state index is 0.346. The van der Waals surface area contributed by atoms with E-state index in [4.69, 9.17) is 33.5 Å². The fourth-order valence-electron chi connectivity index (χ4n) is 3.10. The highest BCUT2D eigenvalue weighted by Crippen LogP contribution is 2.36. The van der Waals surface area contributed by atoms with E-state index in [9.17, 15) is 0 Å². The van der Waals surface area contributed by atoms with E-state index in [0.29, 0.717) is 21.8 Å². The van der Waals surface area contributed by atoms with Gasteiger partial charge in [0.15, 0.2) is 0 Å². The Morgan fingerprint density at radius 1 is 1.14 bits per heavy atom. The minimum atomic E-state index is 0.346. The van der Waals surface area contributed by atoms with Crippen molar-refractivity contribution in [1.82, 2.24) is 5.16 Å². The Bertz CT molecular complexity index is 633. The first-order chi connectivity index (χ1) is 10.1. The van der Waals surface area contributed by atoms with E-state index in [2.05, 4.69) is 5.16 Å². The monoisotopic (exact) mass is 324 g/mol. The molecule has 1 saturated carbocycles. The maximum atomic E-state index is 6.10. The number of benzene rings is 1. The van der Waals surface area contributed by atoms with Crippen molar-refractivity contribution in [2.75, 3.05) is 5.73 Å². The van der Waals surface area contributed by atoms with Gasteiger partial charge in [-0.3, -0.25) is 0 Å². The highest BCUT2D eigenvalue weighted by molar-refractivity contribution is 6.42. The molecule has 1 aliphatic rings. The maximum absolute atomic E-state index is 6.10. The lowest BCUT2D eigenvalue weighted by Crippen LogP contribution is -2.10. The van der Waals surface area contributed by atoms with Crippen LogP contribution in [0.15, 0.2) is 22.7 Å². The molecule has 1 aliphatic carbocycles. The third-order valence-electron chi connectivity index (χ3n) is 4.20. The second-order valence-electron chi connectivity index (χ2n) is 5.71. The van der Waals surface area contributed by atoms with Gasteiger partial charge in [0.1, 0.15) is 0 Å². The van der Waals surface area contributed by atoms with E-state index in [1.807, 2.05) is 12.1 Å². The van der Waals surface area contributed by atoms with Crippen LogP contribution in [0.3, 0.4) is 0 Å². The average Bonchev–Trinajstić information content (AvgIpc) is 2.84. The van der Waals surface area contributed by atoms with Crippen molar-refractivity contribution in [2.24, 2.45) is 5.92 Å². The zero-order chi connectivity index (χ0) is 14.8. The molecule has 2 N–H and O–H groups in total. The summed E-state index contributed by atoms with van der Waals surface area (Å²) >= 11 is 12.1. The topological polar surface area (TPSA) is 52.0 Å². The van der Waals surface area contributed by atoms with Gasteiger partial charge in [-0.1, -0.05) is 66.5 Å². The average molecular weight is 325 g/mol. The Labute approximate surface area is 134 Å². The molecule has 2 aromatic rings. The smallest absolute Gasteiger partial charge is 0.230 e. The molecule has 1 aromatic carbocycles. The number of hydrogen-bond acceptors (Lipinski definition) is 3. The minimum Gasteiger partial charge on any atom is -0.367 e. The fourth-order valence-corrected chi connectivity index (χ4v) is 3.40. The van der Waals surface area contributed by atoms with Gasteiger partial charge in [0, 0.05) is 0 Å². The third kappa shape index (κ3) is 3.19. The van der Waals surface area contributed by atoms with Crippen LogP contribution in [0, 0.1) is 5.92 Å². The van der Waals surface area contributed by atoms with Gasteiger partial charge in [0.2, 0.25) is 5.88 Å². The van der Waals surface area contributed by atoms with Crippen LogP contribution in [-0.4, -0.2) is 5.16 Å². The van der Waals surface area contributed by atoms with Crippen molar-refractivity contribution in [2.45, 2.75) is 38.5 Å². The van der Waals surface area contributed by atoms with Gasteiger partial charge in [0.25, 0.3) is 0 Å². The Kier molecular flexibility index (Phi) is 4.41. The maximum Gasteiger partial charge on any atom is 0.230 e. The summed E-state index contributed by atoms with van der Waals surface area (Å²) in [6, 6.07) is 5.49. The van der Waals surface area contributed by atoms with Gasteiger partial charge in [-0.25, -0.2) is 0 Å². The number of anilines is 1. The van der Waals surface area contributed by atoms with E-state index < -0.39 is 0 Å². The third-order valence-corrected chi connectivity index (χ3v) is 4.94. The number of nitrogens with zero attached hydrogens (tertiary/aromatic N) is 1. The molecule has 0 unspecified atom stereocenters. The summed E-state index contributed by atoms with van der Waals surface area (Å²) in [6.07, 6.45) is 7.38. The normalized spacial score (nSPS) is 16.3. The molecule has 0 aliphatic heterocycles. The van der Waals surface area contributed by atoms with Gasteiger partial charge >= 0.3 is 0 Å². The van der Waals surface area contributed by atoms with Crippen LogP contribution in [0.2, 0.25) is 10.0 Å². The molecule has 3 nitrogen and oxygen atoms in total. The molecule has 0 amide bonds. The van der Waals surface area contributed by atoms with E-state index >= 15 is 0 Å². The van der Waals surface area contributed by atoms with Crippen LogP contribution in [0.4, 0.5) is 5.88 Å². The molecule has 1 aromatic heterocycles. The van der Waals surface area contributed by atoms with Crippen LogP contribution >= 0.6 is 23.2 Å². The number of rotatable bonds is 3. The largest absolute Gasteiger partial charge is 0.367 e. The van der Waals surface area contributed by atoms with E-state index in [1.54, 1.807) is 6.07 Å². The van der Waals surface area contributed by atoms with Crippen molar-refractivity contribution < 1.29 is 4.52 Å². The number of nitrogen functional groups attached to an aromatic ring is 1. The zero-order valence-electron chi connectivity index (χ0n) is 11.7. The molecule has 0 atom stereocenters. The van der Waals surface area contributed by atoms with E-state index in [1.165, 1.54) is 32.1 Å². The van der Waals surface area contributed by atoms with Gasteiger partial charge in [-0.2, -0.15) is 0 Å². The number of hydrogen-bond donors (Lipinski definition) is 1. The van der Waals surface area contributed by atoms with Crippen LogP contribution in [-0.2, 0) is 6.42 Å². The first-order valence-electron chi connectivity index (χ1n) is 7.34.